The number of nitrogens with zero attached hydrogens (tertiary/aromatic N) is 1. The van der Waals surface area contributed by atoms with E-state index in [1.165, 1.54) is 0 Å². The zero-order chi connectivity index (χ0) is 16.6. The zero-order valence-electron chi connectivity index (χ0n) is 12.4. The predicted octanol–water partition coefficient (Wildman–Crippen LogP) is 3.69. The molecule has 1 aliphatic heterocycles. The Morgan fingerprint density at radius 2 is 1.96 bits per heavy atom. The summed E-state index contributed by atoms with van der Waals surface area (Å²) in [5.41, 5.74) is 3.39. The molecule has 0 fully saturated rings. The first kappa shape index (κ1) is 15.2. The van der Waals surface area contributed by atoms with Crippen molar-refractivity contribution in [3.05, 3.63) is 69.8 Å². The molecule has 1 heterocycles. The third kappa shape index (κ3) is 2.58. The molecule has 3 nitrogen and oxygen atoms in total. The fraction of sp³-hybridized carbons (Fsp3) is 0.167. The van der Waals surface area contributed by atoms with Crippen molar-refractivity contribution in [1.29, 1.82) is 5.26 Å². The van der Waals surface area contributed by atoms with Crippen molar-refractivity contribution >= 4 is 5.57 Å². The zero-order valence-corrected chi connectivity index (χ0v) is 12.4. The molecule has 0 aromatic heterocycles. The van der Waals surface area contributed by atoms with Gasteiger partial charge in [-0.05, 0) is 35.7 Å². The fourth-order valence-corrected chi connectivity index (χ4v) is 2.71. The molecule has 0 unspecified atom stereocenters. The van der Waals surface area contributed by atoms with Gasteiger partial charge < -0.3 is 9.84 Å². The number of rotatable bonds is 1. The van der Waals surface area contributed by atoms with Crippen LogP contribution in [0.2, 0.25) is 0 Å². The molecule has 0 amide bonds. The first-order valence-corrected chi connectivity index (χ1v) is 7.01. The van der Waals surface area contributed by atoms with E-state index >= 15 is 0 Å². The van der Waals surface area contributed by atoms with Crippen LogP contribution in [0.5, 0.6) is 5.75 Å². The molecular formula is C18H13F2NO2. The number of aliphatic hydroxyl groups excluding tert-OH is 1. The molecule has 0 saturated carbocycles. The van der Waals surface area contributed by atoms with Crippen LogP contribution in [0.3, 0.4) is 0 Å². The monoisotopic (exact) mass is 313 g/mol. The Balaban J connectivity index is 2.33. The van der Waals surface area contributed by atoms with E-state index in [0.717, 1.165) is 17.7 Å². The van der Waals surface area contributed by atoms with Gasteiger partial charge >= 0.3 is 0 Å². The largest absolute Gasteiger partial charge is 0.488 e. The lowest BCUT2D eigenvalue weighted by atomic mass is 9.90. The molecule has 1 N–H and O–H groups in total. The van der Waals surface area contributed by atoms with Gasteiger partial charge in [-0.25, -0.2) is 8.78 Å². The highest BCUT2D eigenvalue weighted by atomic mass is 19.2. The normalized spacial score (nSPS) is 14.9. The van der Waals surface area contributed by atoms with E-state index in [2.05, 4.69) is 6.07 Å². The van der Waals surface area contributed by atoms with Crippen molar-refractivity contribution in [2.24, 2.45) is 0 Å². The molecule has 23 heavy (non-hydrogen) atoms. The molecule has 0 saturated heterocycles. The Bertz CT molecular complexity index is 866. The van der Waals surface area contributed by atoms with Gasteiger partial charge in [0.2, 0.25) is 0 Å². The van der Waals surface area contributed by atoms with E-state index in [1.807, 2.05) is 0 Å². The lowest BCUT2D eigenvalue weighted by Gasteiger charge is -2.12. The van der Waals surface area contributed by atoms with E-state index in [1.54, 1.807) is 25.1 Å². The number of ether oxygens (including phenoxy) is 1. The molecule has 1 aliphatic rings. The molecular weight excluding hydrogens is 300 g/mol. The summed E-state index contributed by atoms with van der Waals surface area (Å²) < 4.78 is 32.8. The van der Waals surface area contributed by atoms with Crippen molar-refractivity contribution < 1.29 is 18.6 Å². The highest BCUT2D eigenvalue weighted by Gasteiger charge is 2.23. The highest BCUT2D eigenvalue weighted by Crippen LogP contribution is 2.39. The predicted molar refractivity (Wildman–Crippen MR) is 80.4 cm³/mol. The van der Waals surface area contributed by atoms with Gasteiger partial charge in [-0.15, -0.1) is 0 Å². The molecule has 5 heteroatoms. The summed E-state index contributed by atoms with van der Waals surface area (Å²) in [7, 11) is 0. The SMILES string of the molecule is CC(C#N)=C1c2ccc(CO)cc2COc2cc(F)c(F)cc21. The fourth-order valence-electron chi connectivity index (χ4n) is 2.71. The molecule has 0 aliphatic carbocycles. The van der Waals surface area contributed by atoms with E-state index in [0.29, 0.717) is 27.8 Å². The Morgan fingerprint density at radius 1 is 1.22 bits per heavy atom. The van der Waals surface area contributed by atoms with Gasteiger partial charge in [0.15, 0.2) is 11.6 Å². The van der Waals surface area contributed by atoms with Crippen LogP contribution in [0.4, 0.5) is 8.78 Å². The topological polar surface area (TPSA) is 53.2 Å². The van der Waals surface area contributed by atoms with E-state index in [4.69, 9.17) is 4.74 Å². The molecule has 3 rings (SSSR count). The van der Waals surface area contributed by atoms with Crippen LogP contribution in [-0.4, -0.2) is 5.11 Å². The van der Waals surface area contributed by atoms with Crippen LogP contribution < -0.4 is 4.74 Å². The van der Waals surface area contributed by atoms with Crippen molar-refractivity contribution in [2.45, 2.75) is 20.1 Å². The minimum Gasteiger partial charge on any atom is -0.488 e. The number of hydrogen-bond donors (Lipinski definition) is 1. The van der Waals surface area contributed by atoms with Gasteiger partial charge in [-0.3, -0.25) is 0 Å². The maximum Gasteiger partial charge on any atom is 0.162 e. The second-order valence-electron chi connectivity index (χ2n) is 5.31. The molecule has 0 bridgehead atoms. The van der Waals surface area contributed by atoms with Crippen molar-refractivity contribution in [3.8, 4) is 11.8 Å². The molecule has 116 valence electrons. The highest BCUT2D eigenvalue weighted by molar-refractivity contribution is 5.88. The van der Waals surface area contributed by atoms with Gasteiger partial charge in [-0.2, -0.15) is 5.26 Å². The van der Waals surface area contributed by atoms with E-state index in [-0.39, 0.29) is 19.0 Å². The summed E-state index contributed by atoms with van der Waals surface area (Å²) >= 11 is 0. The first-order chi connectivity index (χ1) is 11.0. The Morgan fingerprint density at radius 3 is 2.65 bits per heavy atom. The summed E-state index contributed by atoms with van der Waals surface area (Å²) in [6.07, 6.45) is 0. The van der Waals surface area contributed by atoms with E-state index in [9.17, 15) is 19.1 Å². The third-order valence-corrected chi connectivity index (χ3v) is 3.84. The third-order valence-electron chi connectivity index (χ3n) is 3.84. The Kier molecular flexibility index (Phi) is 3.85. The van der Waals surface area contributed by atoms with Gasteiger partial charge in [-0.1, -0.05) is 12.1 Å². The second-order valence-corrected chi connectivity index (χ2v) is 5.31. The van der Waals surface area contributed by atoms with Crippen LogP contribution >= 0.6 is 0 Å². The quantitative estimate of drug-likeness (QED) is 0.817. The van der Waals surface area contributed by atoms with Crippen LogP contribution in [0.15, 0.2) is 35.9 Å². The van der Waals surface area contributed by atoms with Gasteiger partial charge in [0.05, 0.1) is 12.7 Å². The van der Waals surface area contributed by atoms with Gasteiger partial charge in [0.1, 0.15) is 12.4 Å². The van der Waals surface area contributed by atoms with Gasteiger partial charge in [0.25, 0.3) is 0 Å². The van der Waals surface area contributed by atoms with Crippen LogP contribution in [-0.2, 0) is 13.2 Å². The van der Waals surface area contributed by atoms with E-state index < -0.39 is 11.6 Å². The summed E-state index contributed by atoms with van der Waals surface area (Å²) in [5, 5.41) is 18.6. The molecule has 0 atom stereocenters. The van der Waals surface area contributed by atoms with Crippen molar-refractivity contribution in [2.75, 3.05) is 0 Å². The Hall–Kier alpha value is -2.71. The molecule has 0 spiro atoms. The van der Waals surface area contributed by atoms with Crippen LogP contribution in [0.25, 0.3) is 5.57 Å². The summed E-state index contributed by atoms with van der Waals surface area (Å²) in [6, 6.07) is 9.36. The minimum atomic E-state index is -1.00. The maximum atomic E-state index is 13.7. The molecule has 2 aromatic rings. The number of fused-ring (bicyclic) bond motifs is 2. The number of halogens is 2. The number of nitriles is 1. The lowest BCUT2D eigenvalue weighted by Crippen LogP contribution is -1.98. The maximum absolute atomic E-state index is 13.7. The standard InChI is InChI=1S/C18H13F2NO2/c1-10(7-21)18-13-3-2-11(8-22)4-12(13)9-23-17-6-16(20)15(19)5-14(17)18/h2-6,22H,8-9H2,1H3. The number of allylic oxidation sites excluding steroid dienone is 1. The summed E-state index contributed by atoms with van der Waals surface area (Å²) in [4.78, 5) is 0. The summed E-state index contributed by atoms with van der Waals surface area (Å²) in [5.74, 6) is -1.80. The summed E-state index contributed by atoms with van der Waals surface area (Å²) in [6.45, 7) is 1.64. The molecule has 0 radical (unpaired) electrons. The lowest BCUT2D eigenvalue weighted by molar-refractivity contribution is 0.280. The van der Waals surface area contributed by atoms with Gasteiger partial charge in [0, 0.05) is 22.8 Å². The minimum absolute atomic E-state index is 0.125. The Labute approximate surface area is 132 Å². The average Bonchev–Trinajstić information content (AvgIpc) is 2.71. The van der Waals surface area contributed by atoms with Crippen molar-refractivity contribution in [1.82, 2.24) is 0 Å². The van der Waals surface area contributed by atoms with Crippen LogP contribution in [0, 0.1) is 23.0 Å². The number of benzene rings is 2. The molecule has 2 aromatic carbocycles. The average molecular weight is 313 g/mol. The second kappa shape index (κ2) is 5.82. The van der Waals surface area contributed by atoms with Crippen molar-refractivity contribution in [3.63, 3.8) is 0 Å². The smallest absolute Gasteiger partial charge is 0.162 e. The number of aliphatic hydroxyl groups is 1. The van der Waals surface area contributed by atoms with Crippen LogP contribution in [0.1, 0.15) is 29.2 Å². The first-order valence-electron chi connectivity index (χ1n) is 7.01. The number of hydrogen-bond acceptors (Lipinski definition) is 3.